The predicted octanol–water partition coefficient (Wildman–Crippen LogP) is 3.64. The molecule has 0 spiro atoms. The van der Waals surface area contributed by atoms with Crippen molar-refractivity contribution in [3.8, 4) is 11.1 Å². The zero-order valence-corrected chi connectivity index (χ0v) is 19.9. The first-order chi connectivity index (χ1) is 17.0. The van der Waals surface area contributed by atoms with Crippen molar-refractivity contribution >= 4 is 18.0 Å². The van der Waals surface area contributed by atoms with E-state index in [0.717, 1.165) is 11.1 Å². The summed E-state index contributed by atoms with van der Waals surface area (Å²) in [5.74, 6) is -1.17. The van der Waals surface area contributed by atoms with Crippen LogP contribution in [0.3, 0.4) is 0 Å². The molecule has 2 atom stereocenters. The van der Waals surface area contributed by atoms with Crippen molar-refractivity contribution < 1.29 is 29.0 Å². The molecule has 0 saturated carbocycles. The number of hydrogen-bond acceptors (Lipinski definition) is 5. The molecule has 0 aromatic heterocycles. The first-order valence-electron chi connectivity index (χ1n) is 12.2. The maximum Gasteiger partial charge on any atom is 0.407 e. The van der Waals surface area contributed by atoms with Gasteiger partial charge >= 0.3 is 12.1 Å². The fraction of sp³-hybridized carbons (Fsp3) is 0.444. The van der Waals surface area contributed by atoms with Gasteiger partial charge in [0.1, 0.15) is 6.61 Å². The maximum atomic E-state index is 12.8. The molecule has 8 nitrogen and oxygen atoms in total. The number of carbonyl (C=O) groups is 3. The number of benzene rings is 2. The molecule has 1 heterocycles. The Labute approximate surface area is 205 Å². The van der Waals surface area contributed by atoms with Crippen LogP contribution in [-0.4, -0.2) is 66.9 Å². The van der Waals surface area contributed by atoms with E-state index in [-0.39, 0.29) is 43.4 Å². The highest BCUT2D eigenvalue weighted by molar-refractivity contribution is 5.80. The topological polar surface area (TPSA) is 105 Å². The fourth-order valence-electron chi connectivity index (χ4n) is 4.97. The van der Waals surface area contributed by atoms with Gasteiger partial charge in [-0.25, -0.2) is 4.79 Å². The molecule has 2 N–H and O–H groups in total. The Bertz CT molecular complexity index is 1030. The van der Waals surface area contributed by atoms with Crippen LogP contribution in [0.5, 0.6) is 0 Å². The Morgan fingerprint density at radius 2 is 1.74 bits per heavy atom. The molecule has 2 aromatic rings. The van der Waals surface area contributed by atoms with Gasteiger partial charge in [0.15, 0.2) is 0 Å². The van der Waals surface area contributed by atoms with E-state index in [0.29, 0.717) is 32.5 Å². The van der Waals surface area contributed by atoms with Crippen molar-refractivity contribution in [2.24, 2.45) is 5.92 Å². The number of alkyl carbamates (subject to hydrolysis) is 1. The summed E-state index contributed by atoms with van der Waals surface area (Å²) in [6, 6.07) is 16.4. The number of carboxylic acids is 1. The number of hydrogen-bond donors (Lipinski definition) is 2. The van der Waals surface area contributed by atoms with Crippen molar-refractivity contribution in [1.29, 1.82) is 0 Å². The number of nitrogens with zero attached hydrogens (tertiary/aromatic N) is 1. The zero-order valence-electron chi connectivity index (χ0n) is 19.9. The average Bonchev–Trinajstić information content (AvgIpc) is 3.46. The highest BCUT2D eigenvalue weighted by Gasteiger charge is 2.34. The Balaban J connectivity index is 1.23. The van der Waals surface area contributed by atoms with Crippen LogP contribution in [0.2, 0.25) is 0 Å². The van der Waals surface area contributed by atoms with Crippen molar-refractivity contribution in [2.45, 2.75) is 38.2 Å². The maximum absolute atomic E-state index is 12.8. The highest BCUT2D eigenvalue weighted by atomic mass is 16.5. The molecular formula is C27H32N2O6. The summed E-state index contributed by atoms with van der Waals surface area (Å²) in [7, 11) is 0. The molecule has 1 aliphatic heterocycles. The van der Waals surface area contributed by atoms with E-state index < -0.39 is 12.1 Å². The summed E-state index contributed by atoms with van der Waals surface area (Å²) in [4.78, 5) is 37.6. The van der Waals surface area contributed by atoms with Gasteiger partial charge in [-0.3, -0.25) is 9.59 Å². The SMILES string of the molecule is CCN(CCCC(=O)O)C(=O)[C@@H]1CO[C@H](CNC(=O)OCC2c3ccccc3-c3ccccc32)C1. The van der Waals surface area contributed by atoms with Crippen molar-refractivity contribution in [1.82, 2.24) is 10.2 Å². The second-order valence-electron chi connectivity index (χ2n) is 9.01. The lowest BCUT2D eigenvalue weighted by molar-refractivity contribution is -0.139. The molecule has 2 aliphatic rings. The van der Waals surface area contributed by atoms with E-state index in [1.54, 1.807) is 4.90 Å². The van der Waals surface area contributed by atoms with Crippen LogP contribution in [0, 0.1) is 5.92 Å². The van der Waals surface area contributed by atoms with Crippen LogP contribution in [0.25, 0.3) is 11.1 Å². The Hall–Kier alpha value is -3.39. The van der Waals surface area contributed by atoms with Gasteiger partial charge in [-0.2, -0.15) is 0 Å². The van der Waals surface area contributed by atoms with Crippen LogP contribution in [0.4, 0.5) is 4.79 Å². The Morgan fingerprint density at radius 3 is 2.37 bits per heavy atom. The molecule has 0 radical (unpaired) electrons. The second kappa shape index (κ2) is 11.4. The van der Waals surface area contributed by atoms with E-state index in [4.69, 9.17) is 14.6 Å². The largest absolute Gasteiger partial charge is 0.481 e. The smallest absolute Gasteiger partial charge is 0.407 e. The molecule has 1 saturated heterocycles. The summed E-state index contributed by atoms with van der Waals surface area (Å²) in [6.45, 7) is 3.63. The lowest BCUT2D eigenvalue weighted by Gasteiger charge is -2.23. The van der Waals surface area contributed by atoms with E-state index in [9.17, 15) is 14.4 Å². The number of carboxylic acid groups (broad SMARTS) is 1. The van der Waals surface area contributed by atoms with Crippen LogP contribution in [-0.2, 0) is 19.1 Å². The Morgan fingerprint density at radius 1 is 1.09 bits per heavy atom. The number of rotatable bonds is 10. The number of amides is 2. The molecule has 1 aliphatic carbocycles. The van der Waals surface area contributed by atoms with E-state index in [2.05, 4.69) is 29.6 Å². The Kier molecular flexibility index (Phi) is 8.02. The minimum atomic E-state index is -0.864. The summed E-state index contributed by atoms with van der Waals surface area (Å²) in [6.07, 6.45) is 0.210. The standard InChI is InChI=1S/C27H32N2O6/c1-2-29(13-7-12-25(30)31)26(32)18-14-19(34-16-18)15-28-27(33)35-17-24-22-10-5-3-8-20(22)21-9-4-6-11-23(21)24/h3-6,8-11,18-19,24H,2,7,12-17H2,1H3,(H,28,33)(H,30,31)/t18-,19-/m0/s1. The molecule has 35 heavy (non-hydrogen) atoms. The normalized spacial score (nSPS) is 18.5. The highest BCUT2D eigenvalue weighted by Crippen LogP contribution is 2.44. The molecule has 2 amide bonds. The van der Waals surface area contributed by atoms with Crippen LogP contribution in [0.1, 0.15) is 43.2 Å². The first-order valence-corrected chi connectivity index (χ1v) is 12.2. The molecular weight excluding hydrogens is 448 g/mol. The zero-order chi connectivity index (χ0) is 24.8. The van der Waals surface area contributed by atoms with Crippen LogP contribution >= 0.6 is 0 Å². The monoisotopic (exact) mass is 480 g/mol. The van der Waals surface area contributed by atoms with E-state index >= 15 is 0 Å². The number of nitrogens with one attached hydrogen (secondary N) is 1. The first kappa shape index (κ1) is 24.7. The van der Waals surface area contributed by atoms with Crippen molar-refractivity contribution in [2.75, 3.05) is 32.8 Å². The van der Waals surface area contributed by atoms with Crippen molar-refractivity contribution in [3.05, 3.63) is 59.7 Å². The van der Waals surface area contributed by atoms with E-state index in [1.807, 2.05) is 31.2 Å². The summed E-state index contributed by atoms with van der Waals surface area (Å²) in [5.41, 5.74) is 4.67. The van der Waals surface area contributed by atoms with Crippen LogP contribution < -0.4 is 5.32 Å². The van der Waals surface area contributed by atoms with Crippen molar-refractivity contribution in [3.63, 3.8) is 0 Å². The molecule has 1 fully saturated rings. The number of fused-ring (bicyclic) bond motifs is 3. The second-order valence-corrected chi connectivity index (χ2v) is 9.01. The van der Waals surface area contributed by atoms with Crippen LogP contribution in [0.15, 0.2) is 48.5 Å². The third-order valence-corrected chi connectivity index (χ3v) is 6.76. The number of carbonyl (C=O) groups excluding carboxylic acids is 2. The molecule has 186 valence electrons. The molecule has 8 heteroatoms. The van der Waals surface area contributed by atoms with Gasteiger partial charge in [0, 0.05) is 32.0 Å². The van der Waals surface area contributed by atoms with Gasteiger partial charge < -0.3 is 24.8 Å². The van der Waals surface area contributed by atoms with Gasteiger partial charge in [0.25, 0.3) is 0 Å². The molecule has 4 rings (SSSR count). The minimum Gasteiger partial charge on any atom is -0.481 e. The van der Waals surface area contributed by atoms with Gasteiger partial charge in [-0.15, -0.1) is 0 Å². The molecule has 0 bridgehead atoms. The third kappa shape index (κ3) is 5.82. The van der Waals surface area contributed by atoms with E-state index in [1.165, 1.54) is 11.1 Å². The number of ether oxygens (including phenoxy) is 2. The number of aliphatic carboxylic acids is 1. The predicted molar refractivity (Wildman–Crippen MR) is 130 cm³/mol. The lowest BCUT2D eigenvalue weighted by atomic mass is 9.98. The third-order valence-electron chi connectivity index (χ3n) is 6.76. The molecule has 0 unspecified atom stereocenters. The average molecular weight is 481 g/mol. The lowest BCUT2D eigenvalue weighted by Crippen LogP contribution is -2.37. The minimum absolute atomic E-state index is 0.000892. The molecule has 2 aromatic carbocycles. The quantitative estimate of drug-likeness (QED) is 0.538. The van der Waals surface area contributed by atoms with Gasteiger partial charge in [0.2, 0.25) is 5.91 Å². The van der Waals surface area contributed by atoms with Gasteiger partial charge in [-0.1, -0.05) is 48.5 Å². The van der Waals surface area contributed by atoms with Gasteiger partial charge in [-0.05, 0) is 42.0 Å². The summed E-state index contributed by atoms with van der Waals surface area (Å²) in [5, 5.41) is 11.6. The fourth-order valence-corrected chi connectivity index (χ4v) is 4.97. The summed E-state index contributed by atoms with van der Waals surface area (Å²) < 4.78 is 11.3. The summed E-state index contributed by atoms with van der Waals surface area (Å²) >= 11 is 0. The van der Waals surface area contributed by atoms with Gasteiger partial charge in [0.05, 0.1) is 18.6 Å².